The first-order valence-electron chi connectivity index (χ1n) is 6.55. The van der Waals surface area contributed by atoms with Crippen LogP contribution in [0.25, 0.3) is 0 Å². The van der Waals surface area contributed by atoms with Crippen LogP contribution in [0, 0.1) is 5.92 Å². The van der Waals surface area contributed by atoms with E-state index in [9.17, 15) is 4.48 Å². The molecule has 104 valence electrons. The molecular formula is C12H28FN3O. The predicted molar refractivity (Wildman–Crippen MR) is 68.6 cm³/mol. The second-order valence-electron chi connectivity index (χ2n) is 4.94. The second kappa shape index (κ2) is 10.9. The Hall–Kier alpha value is -0.230. The number of halogens is 1. The Morgan fingerprint density at radius 3 is 2.41 bits per heavy atom. The third kappa shape index (κ3) is 9.47. The Bertz CT molecular complexity index is 172. The Labute approximate surface area is 104 Å². The number of nitrogens with one attached hydrogen (secondary N) is 2. The molecule has 0 aliphatic heterocycles. The van der Waals surface area contributed by atoms with Gasteiger partial charge in [-0.15, -0.1) is 4.48 Å². The van der Waals surface area contributed by atoms with Gasteiger partial charge >= 0.3 is 0 Å². The molecule has 17 heavy (non-hydrogen) atoms. The zero-order valence-electron chi connectivity index (χ0n) is 11.4. The lowest BCUT2D eigenvalue weighted by Crippen LogP contribution is -2.37. The molecule has 0 spiro atoms. The molecule has 0 aromatic rings. The minimum atomic E-state index is -0.226. The summed E-state index contributed by atoms with van der Waals surface area (Å²) in [5.41, 5.74) is 3.68. The topological polar surface area (TPSA) is 47.5 Å². The van der Waals surface area contributed by atoms with Gasteiger partial charge in [-0.25, -0.2) is 5.48 Å². The van der Waals surface area contributed by atoms with E-state index in [2.05, 4.69) is 31.3 Å². The first-order valence-corrected chi connectivity index (χ1v) is 6.55. The lowest BCUT2D eigenvalue weighted by Gasteiger charge is -2.21. The van der Waals surface area contributed by atoms with Gasteiger partial charge < -0.3 is 10.1 Å². The largest absolute Gasteiger partial charge is 0.316 e. The standard InChI is InChI=1S/C12H28FN3O/c1-4-5-11(2)6-8-16(3)9-7-12(15-17)10-14-13/h11-12,14-15,17H,4-10H2,1-3H3. The second-order valence-corrected chi connectivity index (χ2v) is 4.94. The molecule has 5 heteroatoms. The summed E-state index contributed by atoms with van der Waals surface area (Å²) < 4.78 is 11.9. The Kier molecular flexibility index (Phi) is 10.7. The van der Waals surface area contributed by atoms with Crippen LogP contribution in [0.1, 0.15) is 39.5 Å². The molecular weight excluding hydrogens is 221 g/mol. The molecule has 0 saturated heterocycles. The molecule has 2 atom stereocenters. The molecule has 0 amide bonds. The lowest BCUT2D eigenvalue weighted by molar-refractivity contribution is 0.104. The van der Waals surface area contributed by atoms with Gasteiger partial charge in [0.2, 0.25) is 0 Å². The van der Waals surface area contributed by atoms with Crippen LogP contribution in [-0.2, 0) is 0 Å². The summed E-state index contributed by atoms with van der Waals surface area (Å²) in [5.74, 6) is 0.765. The van der Waals surface area contributed by atoms with E-state index in [-0.39, 0.29) is 12.6 Å². The average molecular weight is 249 g/mol. The molecule has 0 radical (unpaired) electrons. The summed E-state index contributed by atoms with van der Waals surface area (Å²) >= 11 is 0. The lowest BCUT2D eigenvalue weighted by atomic mass is 10.0. The van der Waals surface area contributed by atoms with E-state index in [1.165, 1.54) is 19.3 Å². The summed E-state index contributed by atoms with van der Waals surface area (Å²) in [7, 11) is 2.07. The number of hydrogen-bond acceptors (Lipinski definition) is 4. The van der Waals surface area contributed by atoms with Crippen molar-refractivity contribution in [2.24, 2.45) is 5.92 Å². The first-order chi connectivity index (χ1) is 8.13. The fraction of sp³-hybridized carbons (Fsp3) is 1.00. The summed E-state index contributed by atoms with van der Waals surface area (Å²) in [6.45, 7) is 6.54. The molecule has 0 bridgehead atoms. The van der Waals surface area contributed by atoms with Crippen LogP contribution in [0.2, 0.25) is 0 Å². The highest BCUT2D eigenvalue weighted by atomic mass is 19.2. The number of hydrogen-bond donors (Lipinski definition) is 3. The minimum Gasteiger partial charge on any atom is -0.316 e. The molecule has 0 aromatic carbocycles. The molecule has 0 saturated carbocycles. The van der Waals surface area contributed by atoms with E-state index >= 15 is 0 Å². The van der Waals surface area contributed by atoms with Crippen molar-refractivity contribution in [1.29, 1.82) is 0 Å². The van der Waals surface area contributed by atoms with Crippen LogP contribution in [0.3, 0.4) is 0 Å². The van der Waals surface area contributed by atoms with Crippen LogP contribution in [-0.4, -0.2) is 42.8 Å². The third-order valence-electron chi connectivity index (χ3n) is 3.15. The normalized spacial score (nSPS) is 15.2. The van der Waals surface area contributed by atoms with E-state index in [0.29, 0.717) is 0 Å². The van der Waals surface area contributed by atoms with Gasteiger partial charge in [-0.2, -0.15) is 5.54 Å². The van der Waals surface area contributed by atoms with Crippen LogP contribution in [0.15, 0.2) is 0 Å². The van der Waals surface area contributed by atoms with E-state index in [4.69, 9.17) is 5.21 Å². The van der Waals surface area contributed by atoms with Crippen molar-refractivity contribution < 1.29 is 9.69 Å². The molecule has 0 fully saturated rings. The molecule has 0 aromatic heterocycles. The average Bonchev–Trinajstić information content (AvgIpc) is 2.32. The fourth-order valence-corrected chi connectivity index (χ4v) is 1.87. The smallest absolute Gasteiger partial charge is 0.0482 e. The van der Waals surface area contributed by atoms with Crippen molar-refractivity contribution in [2.45, 2.75) is 45.6 Å². The maximum Gasteiger partial charge on any atom is 0.0482 e. The van der Waals surface area contributed by atoms with Crippen LogP contribution >= 0.6 is 0 Å². The van der Waals surface area contributed by atoms with Crippen molar-refractivity contribution in [3.63, 3.8) is 0 Å². The fourth-order valence-electron chi connectivity index (χ4n) is 1.87. The van der Waals surface area contributed by atoms with Crippen LogP contribution < -0.4 is 11.0 Å². The van der Waals surface area contributed by atoms with Crippen molar-refractivity contribution in [3.8, 4) is 0 Å². The summed E-state index contributed by atoms with van der Waals surface area (Å²) in [6.07, 6.45) is 4.44. The van der Waals surface area contributed by atoms with Gasteiger partial charge in [0.15, 0.2) is 0 Å². The molecule has 2 unspecified atom stereocenters. The number of hydroxylamine groups is 1. The van der Waals surface area contributed by atoms with Crippen molar-refractivity contribution in [3.05, 3.63) is 0 Å². The highest BCUT2D eigenvalue weighted by Gasteiger charge is 2.09. The third-order valence-corrected chi connectivity index (χ3v) is 3.15. The SMILES string of the molecule is CCCC(C)CCN(C)CCC(CNF)NO. The quantitative estimate of drug-likeness (QED) is 0.387. The van der Waals surface area contributed by atoms with E-state index in [0.717, 1.165) is 25.4 Å². The monoisotopic (exact) mass is 249 g/mol. The number of rotatable bonds is 11. The Balaban J connectivity index is 3.60. The summed E-state index contributed by atoms with van der Waals surface area (Å²) in [4.78, 5) is 2.23. The van der Waals surface area contributed by atoms with Gasteiger partial charge in [0.1, 0.15) is 0 Å². The van der Waals surface area contributed by atoms with Crippen LogP contribution in [0.5, 0.6) is 0 Å². The summed E-state index contributed by atoms with van der Waals surface area (Å²) in [5, 5.41) is 8.78. The Morgan fingerprint density at radius 1 is 1.24 bits per heavy atom. The zero-order valence-corrected chi connectivity index (χ0v) is 11.4. The molecule has 0 aliphatic rings. The maximum absolute atomic E-state index is 11.9. The van der Waals surface area contributed by atoms with Gasteiger partial charge in [-0.3, -0.25) is 0 Å². The maximum atomic E-state index is 11.9. The van der Waals surface area contributed by atoms with Gasteiger partial charge in [0, 0.05) is 12.6 Å². The van der Waals surface area contributed by atoms with Gasteiger partial charge in [0.05, 0.1) is 0 Å². The predicted octanol–water partition coefficient (Wildman–Crippen LogP) is 1.96. The number of nitrogens with zero attached hydrogens (tertiary/aromatic N) is 1. The van der Waals surface area contributed by atoms with Crippen LogP contribution in [0.4, 0.5) is 4.48 Å². The molecule has 4 nitrogen and oxygen atoms in total. The zero-order chi connectivity index (χ0) is 13.1. The van der Waals surface area contributed by atoms with Gasteiger partial charge in [-0.1, -0.05) is 26.7 Å². The highest BCUT2D eigenvalue weighted by Crippen LogP contribution is 2.10. The van der Waals surface area contributed by atoms with Crippen molar-refractivity contribution in [1.82, 2.24) is 15.9 Å². The Morgan fingerprint density at radius 2 is 1.88 bits per heavy atom. The van der Waals surface area contributed by atoms with E-state index in [1.807, 2.05) is 0 Å². The van der Waals surface area contributed by atoms with E-state index in [1.54, 1.807) is 5.54 Å². The van der Waals surface area contributed by atoms with Crippen molar-refractivity contribution >= 4 is 0 Å². The van der Waals surface area contributed by atoms with Gasteiger partial charge in [-0.05, 0) is 38.9 Å². The minimum absolute atomic E-state index is 0.135. The highest BCUT2D eigenvalue weighted by molar-refractivity contribution is 4.66. The molecule has 3 N–H and O–H groups in total. The van der Waals surface area contributed by atoms with Crippen molar-refractivity contribution in [2.75, 3.05) is 26.7 Å². The molecule has 0 rings (SSSR count). The van der Waals surface area contributed by atoms with Gasteiger partial charge in [0.25, 0.3) is 0 Å². The first kappa shape index (κ1) is 16.8. The van der Waals surface area contributed by atoms with E-state index < -0.39 is 0 Å². The molecule has 0 aliphatic carbocycles. The molecule has 0 heterocycles. The summed E-state index contributed by atoms with van der Waals surface area (Å²) in [6, 6.07) is -0.226.